The van der Waals surface area contributed by atoms with Gasteiger partial charge in [-0.25, -0.2) is 5.43 Å². The predicted molar refractivity (Wildman–Crippen MR) is 70.2 cm³/mol. The molecular formula is C10H11BrN2S2. The van der Waals surface area contributed by atoms with Crippen LogP contribution in [0.2, 0.25) is 0 Å². The Bertz CT molecular complexity index is 409. The van der Waals surface area contributed by atoms with Gasteiger partial charge in [0.05, 0.1) is 9.83 Å². The largest absolute Gasteiger partial charge is 0.271 e. The van der Waals surface area contributed by atoms with Crippen molar-refractivity contribution in [2.75, 3.05) is 0 Å². The molecule has 1 atom stereocenters. The van der Waals surface area contributed by atoms with Crippen LogP contribution < -0.4 is 11.3 Å². The number of nitrogens with one attached hydrogen (secondary N) is 1. The highest BCUT2D eigenvalue weighted by Gasteiger charge is 2.15. The van der Waals surface area contributed by atoms with Crippen LogP contribution in [0, 0.1) is 6.92 Å². The second-order valence-electron chi connectivity index (χ2n) is 3.23. The van der Waals surface area contributed by atoms with E-state index in [4.69, 9.17) is 5.84 Å². The van der Waals surface area contributed by atoms with Crippen LogP contribution in [-0.2, 0) is 0 Å². The summed E-state index contributed by atoms with van der Waals surface area (Å²) in [7, 11) is 0. The molecule has 0 saturated heterocycles. The molecule has 0 fully saturated rings. The van der Waals surface area contributed by atoms with Crippen LogP contribution in [-0.4, -0.2) is 0 Å². The smallest absolute Gasteiger partial charge is 0.0811 e. The fourth-order valence-electron chi connectivity index (χ4n) is 1.44. The number of nitrogens with two attached hydrogens (primary N) is 1. The first kappa shape index (κ1) is 11.3. The molecule has 0 aliphatic carbocycles. The molecule has 15 heavy (non-hydrogen) atoms. The summed E-state index contributed by atoms with van der Waals surface area (Å²) in [5, 5.41) is 2.15. The van der Waals surface area contributed by atoms with Gasteiger partial charge in [-0.1, -0.05) is 0 Å². The molecule has 2 nitrogen and oxygen atoms in total. The second-order valence-corrected chi connectivity index (χ2v) is 6.84. The summed E-state index contributed by atoms with van der Waals surface area (Å²) in [5.41, 5.74) is 4.09. The van der Waals surface area contributed by atoms with Crippen LogP contribution in [0.25, 0.3) is 0 Å². The van der Waals surface area contributed by atoms with Gasteiger partial charge in [0, 0.05) is 9.75 Å². The van der Waals surface area contributed by atoms with Gasteiger partial charge < -0.3 is 0 Å². The Hall–Kier alpha value is -0.200. The quantitative estimate of drug-likeness (QED) is 0.673. The van der Waals surface area contributed by atoms with Crippen molar-refractivity contribution in [3.8, 4) is 0 Å². The van der Waals surface area contributed by atoms with E-state index in [9.17, 15) is 0 Å². The van der Waals surface area contributed by atoms with E-state index in [0.717, 1.165) is 3.79 Å². The highest BCUT2D eigenvalue weighted by Crippen LogP contribution is 2.32. The summed E-state index contributed by atoms with van der Waals surface area (Å²) < 4.78 is 1.13. The Kier molecular flexibility index (Phi) is 3.58. The SMILES string of the molecule is Cc1cc(C(NN)c2ccc(Br)s2)cs1. The van der Waals surface area contributed by atoms with Gasteiger partial charge in [0.15, 0.2) is 0 Å². The normalized spacial score (nSPS) is 13.0. The minimum absolute atomic E-state index is 0.103. The summed E-state index contributed by atoms with van der Waals surface area (Å²) in [4.78, 5) is 2.53. The number of thiophene rings is 2. The highest BCUT2D eigenvalue weighted by molar-refractivity contribution is 9.11. The summed E-state index contributed by atoms with van der Waals surface area (Å²) in [6.45, 7) is 2.10. The molecule has 0 saturated carbocycles. The Morgan fingerprint density at radius 1 is 1.47 bits per heavy atom. The minimum atomic E-state index is 0.103. The van der Waals surface area contributed by atoms with Gasteiger partial charge in [-0.3, -0.25) is 5.84 Å². The molecule has 0 aromatic carbocycles. The van der Waals surface area contributed by atoms with Gasteiger partial charge in [0.1, 0.15) is 0 Å². The molecule has 0 amide bonds. The monoisotopic (exact) mass is 302 g/mol. The van der Waals surface area contributed by atoms with Gasteiger partial charge >= 0.3 is 0 Å². The third kappa shape index (κ3) is 2.49. The second kappa shape index (κ2) is 4.76. The molecule has 2 aromatic heterocycles. The number of hydrogen-bond donors (Lipinski definition) is 2. The molecule has 2 aromatic rings. The van der Waals surface area contributed by atoms with E-state index in [0.29, 0.717) is 0 Å². The van der Waals surface area contributed by atoms with Crippen LogP contribution >= 0.6 is 38.6 Å². The molecule has 0 aliphatic rings. The lowest BCUT2D eigenvalue weighted by Crippen LogP contribution is -2.27. The molecule has 3 N–H and O–H groups in total. The molecule has 1 unspecified atom stereocenters. The van der Waals surface area contributed by atoms with Crippen molar-refractivity contribution in [2.24, 2.45) is 5.84 Å². The van der Waals surface area contributed by atoms with Gasteiger partial charge in [-0.2, -0.15) is 0 Å². The first-order chi connectivity index (χ1) is 7.20. The lowest BCUT2D eigenvalue weighted by molar-refractivity contribution is 0.648. The Morgan fingerprint density at radius 2 is 2.27 bits per heavy atom. The van der Waals surface area contributed by atoms with E-state index in [1.165, 1.54) is 15.3 Å². The molecule has 0 bridgehead atoms. The third-order valence-corrected chi connectivity index (χ3v) is 4.70. The zero-order chi connectivity index (χ0) is 10.8. The first-order valence-corrected chi connectivity index (χ1v) is 6.96. The summed E-state index contributed by atoms with van der Waals surface area (Å²) >= 11 is 6.91. The maximum Gasteiger partial charge on any atom is 0.0811 e. The average molecular weight is 303 g/mol. The molecule has 80 valence electrons. The van der Waals surface area contributed by atoms with E-state index < -0.39 is 0 Å². The summed E-state index contributed by atoms with van der Waals surface area (Å²) in [5.74, 6) is 5.60. The zero-order valence-electron chi connectivity index (χ0n) is 8.16. The fourth-order valence-corrected chi connectivity index (χ4v) is 3.68. The van der Waals surface area contributed by atoms with Gasteiger partial charge in [0.2, 0.25) is 0 Å². The highest BCUT2D eigenvalue weighted by atomic mass is 79.9. The van der Waals surface area contributed by atoms with E-state index >= 15 is 0 Å². The Balaban J connectivity index is 2.32. The topological polar surface area (TPSA) is 38.0 Å². The molecule has 0 radical (unpaired) electrons. The first-order valence-electron chi connectivity index (χ1n) is 4.47. The minimum Gasteiger partial charge on any atom is -0.271 e. The fraction of sp³-hybridized carbons (Fsp3) is 0.200. The van der Waals surface area contributed by atoms with Crippen molar-refractivity contribution in [3.05, 3.63) is 42.7 Å². The molecule has 2 rings (SSSR count). The summed E-state index contributed by atoms with van der Waals surface area (Å²) in [6, 6.07) is 6.41. The number of rotatable bonds is 3. The van der Waals surface area contributed by atoms with E-state index in [-0.39, 0.29) is 6.04 Å². The van der Waals surface area contributed by atoms with Crippen LogP contribution in [0.4, 0.5) is 0 Å². The van der Waals surface area contributed by atoms with Gasteiger partial charge in [-0.05, 0) is 52.0 Å². The van der Waals surface area contributed by atoms with Crippen LogP contribution in [0.1, 0.15) is 21.4 Å². The van der Waals surface area contributed by atoms with Gasteiger partial charge in [0.25, 0.3) is 0 Å². The van der Waals surface area contributed by atoms with E-state index in [2.05, 4.69) is 45.8 Å². The Labute approximate surface area is 105 Å². The number of halogens is 1. The van der Waals surface area contributed by atoms with Crippen molar-refractivity contribution < 1.29 is 0 Å². The van der Waals surface area contributed by atoms with Crippen molar-refractivity contribution in [3.63, 3.8) is 0 Å². The maximum atomic E-state index is 5.60. The third-order valence-electron chi connectivity index (χ3n) is 2.13. The molecule has 2 heterocycles. The van der Waals surface area contributed by atoms with Crippen LogP contribution in [0.3, 0.4) is 0 Å². The standard InChI is InChI=1S/C10H11BrN2S2/c1-6-4-7(5-14-6)10(13-12)8-2-3-9(11)15-8/h2-5,10,13H,12H2,1H3. The van der Waals surface area contributed by atoms with Gasteiger partial charge in [-0.15, -0.1) is 22.7 Å². The number of hydrogen-bond acceptors (Lipinski definition) is 4. The van der Waals surface area contributed by atoms with Crippen molar-refractivity contribution in [1.82, 2.24) is 5.43 Å². The molecule has 5 heteroatoms. The van der Waals surface area contributed by atoms with Crippen LogP contribution in [0.15, 0.2) is 27.4 Å². The average Bonchev–Trinajstić information content (AvgIpc) is 2.78. The maximum absolute atomic E-state index is 5.60. The zero-order valence-corrected chi connectivity index (χ0v) is 11.4. The molecule has 0 aliphatic heterocycles. The number of hydrazine groups is 1. The van der Waals surface area contributed by atoms with Crippen molar-refractivity contribution in [1.29, 1.82) is 0 Å². The number of aryl methyl sites for hydroxylation is 1. The summed E-state index contributed by atoms with van der Waals surface area (Å²) in [6.07, 6.45) is 0. The predicted octanol–water partition coefficient (Wildman–Crippen LogP) is 3.43. The molecular weight excluding hydrogens is 292 g/mol. The van der Waals surface area contributed by atoms with E-state index in [1.54, 1.807) is 22.7 Å². The Morgan fingerprint density at radius 3 is 2.73 bits per heavy atom. The van der Waals surface area contributed by atoms with Crippen molar-refractivity contribution in [2.45, 2.75) is 13.0 Å². The molecule has 0 spiro atoms. The lowest BCUT2D eigenvalue weighted by Gasteiger charge is -2.12. The van der Waals surface area contributed by atoms with Crippen LogP contribution in [0.5, 0.6) is 0 Å². The van der Waals surface area contributed by atoms with Crippen molar-refractivity contribution >= 4 is 38.6 Å². The van der Waals surface area contributed by atoms with E-state index in [1.807, 2.05) is 6.07 Å². The lowest BCUT2D eigenvalue weighted by atomic mass is 10.1.